The number of carbonyl (C=O) groups is 3. The number of H-pyrrole nitrogens is 1. The topological polar surface area (TPSA) is 294 Å². The van der Waals surface area contributed by atoms with Crippen molar-refractivity contribution in [3.05, 3.63) is 182 Å². The summed E-state index contributed by atoms with van der Waals surface area (Å²) < 4.78 is 203. The highest BCUT2D eigenvalue weighted by Crippen LogP contribution is 2.46. The number of rotatable bonds is 16. The molecule has 4 aromatic carbocycles. The second-order valence-corrected chi connectivity index (χ2v) is 25.3. The molecule has 0 unspecified atom stereocenters. The number of morpholine rings is 2. The van der Waals surface area contributed by atoms with E-state index < -0.39 is 106 Å². The van der Waals surface area contributed by atoms with Crippen molar-refractivity contribution in [2.45, 2.75) is 89.8 Å². The third-order valence-corrected chi connectivity index (χ3v) is 18.4. The minimum absolute atomic E-state index is 0.0192. The predicted octanol–water partition coefficient (Wildman–Crippen LogP) is 12.9. The first-order valence-corrected chi connectivity index (χ1v) is 33.0. The van der Waals surface area contributed by atoms with Gasteiger partial charge in [-0.1, -0.05) is 12.1 Å². The van der Waals surface area contributed by atoms with Gasteiger partial charge in [0.1, 0.15) is 12.2 Å². The molecular weight excluding hydrogens is 1450 g/mol. The zero-order chi connectivity index (χ0) is 77.5. The standard InChI is InChI=1S/C36H31F6N7O6.C35H33F6N7O5/c1-18-10-20(30-46-47-33(50)55-30)4-5-25(18)22-13-26(31(52-3)43-15-22)27-16-44-32(48-6-8-53-9-7-48)45-28(27)17-49-19(2)29(54-34(49)51)21-11-23(35(37,38)39)14-24(12-21)36(40,41)42;1-18-10-20(30(49)46-42)4-5-25(18)22-13-26(31(51-3)43-15-22)27-16-44-32(47-6-8-52-9-7-47)45-28(27)17-48-19(2)29(53-33(48)50)21-11-23(34(36,37)38)14-24(12-21)35(39,40)41/h4-5,10-16,19,29H,6-9,17H2,1-3H3,(H,47,50);4-5,10-16,19,29H,6-9,17,42H2,1-3H3,(H,46,49)/t2*19-,29-/m00/s1. The number of carbonyl (C=O) groups excluding carboxylic acids is 3. The highest BCUT2D eigenvalue weighted by Gasteiger charge is 2.46. The lowest BCUT2D eigenvalue weighted by Crippen LogP contribution is -2.38. The van der Waals surface area contributed by atoms with Crippen LogP contribution in [0.5, 0.6) is 11.8 Å². The zero-order valence-corrected chi connectivity index (χ0v) is 57.8. The molecule has 4 fully saturated rings. The largest absolute Gasteiger partial charge is 0.481 e. The van der Waals surface area contributed by atoms with Gasteiger partial charge in [-0.05, 0) is 134 Å². The molecule has 37 heteroatoms. The molecule has 0 radical (unpaired) electrons. The number of halogens is 12. The van der Waals surface area contributed by atoms with Crippen LogP contribution in [-0.2, 0) is 56.7 Å². The molecule has 13 rings (SSSR count). The predicted molar refractivity (Wildman–Crippen MR) is 359 cm³/mol. The van der Waals surface area contributed by atoms with Crippen LogP contribution in [0.25, 0.3) is 56.0 Å². The number of hydrogen-bond donors (Lipinski definition) is 3. The fraction of sp³-hybridized carbons (Fsp3) is 0.338. The van der Waals surface area contributed by atoms with Crippen molar-refractivity contribution in [3.8, 4) is 67.7 Å². The number of aryl methyl sites for hydroxylation is 2. The number of cyclic esters (lactones) is 2. The normalized spacial score (nSPS) is 17.8. The van der Waals surface area contributed by atoms with Gasteiger partial charge >= 0.3 is 42.6 Å². The molecule has 4 saturated heterocycles. The Kier molecular flexibility index (Phi) is 21.5. The third-order valence-electron chi connectivity index (χ3n) is 18.4. The van der Waals surface area contributed by atoms with Crippen LogP contribution >= 0.6 is 0 Å². The highest BCUT2D eigenvalue weighted by molar-refractivity contribution is 5.95. The van der Waals surface area contributed by atoms with Crippen LogP contribution in [0, 0.1) is 13.8 Å². The minimum Gasteiger partial charge on any atom is -0.481 e. The summed E-state index contributed by atoms with van der Waals surface area (Å²) in [5, 5.41) is 6.10. The lowest BCUT2D eigenvalue weighted by Gasteiger charge is -2.28. The first-order chi connectivity index (χ1) is 51.2. The summed E-state index contributed by atoms with van der Waals surface area (Å²) in [6, 6.07) is 14.0. The molecule has 0 bridgehead atoms. The van der Waals surface area contributed by atoms with Crippen molar-refractivity contribution in [1.82, 2.24) is 55.3 Å². The van der Waals surface area contributed by atoms with Crippen molar-refractivity contribution < 1.29 is 99.9 Å². The Morgan fingerprint density at radius 1 is 0.528 bits per heavy atom. The zero-order valence-electron chi connectivity index (χ0n) is 57.8. The lowest BCUT2D eigenvalue weighted by atomic mass is 9.96. The van der Waals surface area contributed by atoms with Crippen LogP contribution in [0.4, 0.5) is 74.2 Å². The van der Waals surface area contributed by atoms with Crippen molar-refractivity contribution in [2.75, 3.05) is 76.6 Å². The van der Waals surface area contributed by atoms with Crippen LogP contribution in [0.15, 0.2) is 119 Å². The Morgan fingerprint density at radius 2 is 0.935 bits per heavy atom. The second-order valence-electron chi connectivity index (χ2n) is 25.3. The molecule has 0 saturated carbocycles. The molecule has 4 atom stereocenters. The van der Waals surface area contributed by atoms with E-state index in [-0.39, 0.29) is 54.3 Å². The van der Waals surface area contributed by atoms with Gasteiger partial charge in [-0.15, -0.1) is 5.10 Å². The van der Waals surface area contributed by atoms with Crippen molar-refractivity contribution in [1.29, 1.82) is 0 Å². The fourth-order valence-corrected chi connectivity index (χ4v) is 12.9. The number of nitrogens with one attached hydrogen (secondary N) is 2. The van der Waals surface area contributed by atoms with Crippen LogP contribution < -0.4 is 36.3 Å². The molecule has 4 aliphatic heterocycles. The van der Waals surface area contributed by atoms with E-state index in [9.17, 15) is 71.9 Å². The summed E-state index contributed by atoms with van der Waals surface area (Å²) >= 11 is 0. The van der Waals surface area contributed by atoms with Gasteiger partial charge in [-0.2, -0.15) is 52.7 Å². The Hall–Kier alpha value is -11.5. The number of aromatic amines is 1. The number of aromatic nitrogens is 8. The number of amides is 3. The molecule has 568 valence electrons. The number of nitrogen functional groups attached to an aromatic ring is 1. The Labute approximate surface area is 604 Å². The molecule has 9 aromatic rings. The van der Waals surface area contributed by atoms with E-state index >= 15 is 0 Å². The van der Waals surface area contributed by atoms with E-state index in [0.29, 0.717) is 133 Å². The molecule has 9 heterocycles. The van der Waals surface area contributed by atoms with Gasteiger partial charge in [0.2, 0.25) is 29.5 Å². The van der Waals surface area contributed by atoms with Gasteiger partial charge in [-0.25, -0.2) is 55.2 Å². The average molecular weight is 1520 g/mol. The Morgan fingerprint density at radius 3 is 1.30 bits per heavy atom. The van der Waals surface area contributed by atoms with Crippen molar-refractivity contribution in [2.24, 2.45) is 5.84 Å². The molecule has 4 aliphatic rings. The van der Waals surface area contributed by atoms with E-state index in [2.05, 4.69) is 35.6 Å². The molecule has 3 amide bonds. The maximum Gasteiger partial charge on any atom is 0.434 e. The molecule has 4 N–H and O–H groups in total. The van der Waals surface area contributed by atoms with Crippen LogP contribution in [0.3, 0.4) is 0 Å². The molecule has 0 aliphatic carbocycles. The summed E-state index contributed by atoms with van der Waals surface area (Å²) in [6.45, 7) is 9.58. The van der Waals surface area contributed by atoms with Gasteiger partial charge < -0.3 is 42.6 Å². The van der Waals surface area contributed by atoms with E-state index in [1.165, 1.54) is 50.3 Å². The van der Waals surface area contributed by atoms with Crippen molar-refractivity contribution in [3.63, 3.8) is 0 Å². The number of nitrogens with zero attached hydrogens (tertiary/aromatic N) is 11. The summed E-state index contributed by atoms with van der Waals surface area (Å²) in [5.74, 6) is 5.21. The summed E-state index contributed by atoms with van der Waals surface area (Å²) in [6.07, 6.45) is -19.0. The number of methoxy groups -OCH3 is 2. The monoisotopic (exact) mass is 1520 g/mol. The average Bonchev–Trinajstić information content (AvgIpc) is 1.05. The summed E-state index contributed by atoms with van der Waals surface area (Å²) in [7, 11) is 2.83. The molecule has 5 aromatic heterocycles. The first-order valence-electron chi connectivity index (χ1n) is 33.0. The van der Waals surface area contributed by atoms with Gasteiger partial charge in [0.05, 0.1) is 99.5 Å². The summed E-state index contributed by atoms with van der Waals surface area (Å²) in [5.41, 5.74) is 2.39. The molecular formula is C71H64F12N14O11. The lowest BCUT2D eigenvalue weighted by molar-refractivity contribution is -0.144. The number of anilines is 2. The number of pyridine rings is 2. The van der Waals surface area contributed by atoms with Gasteiger partial charge in [0.15, 0.2) is 0 Å². The fourth-order valence-electron chi connectivity index (χ4n) is 12.9. The number of hydrazine groups is 1. The third kappa shape index (κ3) is 16.3. The number of ether oxygens (including phenoxy) is 6. The van der Waals surface area contributed by atoms with E-state index in [4.69, 9.17) is 48.6 Å². The SMILES string of the molecule is COc1ncc(-c2ccc(-c3n[nH]c(=O)o3)cc2C)cc1-c1cnc(N2CCOCC2)nc1CN1C(=O)O[C@H](c2cc(C(F)(F)F)cc(C(F)(F)F)c2)[C@@H]1C.COc1ncc(-c2ccc(C(=O)NN)cc2C)cc1-c1cnc(N2CCOCC2)nc1CN1C(=O)O[C@H](c2cc(C(F)(F)F)cc(C(F)(F)F)c2)[C@@H]1C. The number of benzene rings is 4. The number of hydrogen-bond acceptors (Lipinski definition) is 21. The quantitative estimate of drug-likeness (QED) is 0.0350. The van der Waals surface area contributed by atoms with Crippen molar-refractivity contribution >= 4 is 30.0 Å². The molecule has 0 spiro atoms. The van der Waals surface area contributed by atoms with Gasteiger partial charge in [0.25, 0.3) is 5.91 Å². The maximum absolute atomic E-state index is 13.7. The maximum atomic E-state index is 13.7. The summed E-state index contributed by atoms with van der Waals surface area (Å²) in [4.78, 5) is 84.4. The molecule has 108 heavy (non-hydrogen) atoms. The minimum atomic E-state index is -5.09. The van der Waals surface area contributed by atoms with Crippen LogP contribution in [-0.4, -0.2) is 147 Å². The van der Waals surface area contributed by atoms with E-state index in [1.54, 1.807) is 67.8 Å². The Bertz CT molecular complexity index is 4880. The highest BCUT2D eigenvalue weighted by atomic mass is 19.4. The smallest absolute Gasteiger partial charge is 0.434 e. The number of alkyl halides is 12. The van der Waals surface area contributed by atoms with Crippen LogP contribution in [0.2, 0.25) is 0 Å². The van der Waals surface area contributed by atoms with Gasteiger partial charge in [-0.3, -0.25) is 20.0 Å². The van der Waals surface area contributed by atoms with E-state index in [1.807, 2.05) is 16.7 Å². The van der Waals surface area contributed by atoms with Crippen LogP contribution in [0.1, 0.15) is 92.3 Å². The number of nitrogens with two attached hydrogens (primary N) is 1. The van der Waals surface area contributed by atoms with E-state index in [0.717, 1.165) is 22.3 Å². The molecule has 25 nitrogen and oxygen atoms in total. The van der Waals surface area contributed by atoms with Gasteiger partial charge in [0, 0.05) is 95.5 Å². The first kappa shape index (κ1) is 76.2. The second kappa shape index (κ2) is 30.4. The Balaban J connectivity index is 0.000000202.